The summed E-state index contributed by atoms with van der Waals surface area (Å²) in [6.07, 6.45) is 0. The van der Waals surface area contributed by atoms with E-state index < -0.39 is 20.8 Å². The van der Waals surface area contributed by atoms with Crippen LogP contribution in [0.3, 0.4) is 0 Å². The molecule has 0 spiro atoms. The van der Waals surface area contributed by atoms with E-state index >= 15 is 0 Å². The van der Waals surface area contributed by atoms with Gasteiger partial charge in [0.15, 0.2) is 5.75 Å². The zero-order chi connectivity index (χ0) is 14.7. The van der Waals surface area contributed by atoms with Crippen molar-refractivity contribution < 1.29 is 22.5 Å². The van der Waals surface area contributed by atoms with Crippen molar-refractivity contribution in [1.29, 1.82) is 0 Å². The first kappa shape index (κ1) is 12.8. The van der Waals surface area contributed by atoms with Crippen LogP contribution in [-0.2, 0) is 10.1 Å². The van der Waals surface area contributed by atoms with Crippen molar-refractivity contribution in [2.24, 2.45) is 0 Å². The monoisotopic (exact) mass is 293 g/mol. The summed E-state index contributed by atoms with van der Waals surface area (Å²) in [5.74, 6) is -0.677. The molecule has 0 aliphatic carbocycles. The third-order valence-corrected chi connectivity index (χ3v) is 4.04. The second-order valence-corrected chi connectivity index (χ2v) is 5.95. The largest absolute Gasteiger partial charge is 0.504 e. The van der Waals surface area contributed by atoms with Crippen molar-refractivity contribution >= 4 is 37.7 Å². The van der Waals surface area contributed by atoms with Crippen LogP contribution >= 0.6 is 0 Å². The van der Waals surface area contributed by atoms with Crippen molar-refractivity contribution in [2.45, 2.75) is 11.8 Å². The Kier molecular flexibility index (Phi) is 2.47. The highest BCUT2D eigenvalue weighted by atomic mass is 32.2. The number of anilines is 1. The van der Waals surface area contributed by atoms with E-state index in [2.05, 4.69) is 0 Å². The van der Waals surface area contributed by atoms with Crippen LogP contribution in [-0.4, -0.2) is 18.1 Å². The SMILES string of the molecule is Cc1ccc2oc3cc(N)c(O)c(S(=O)(=O)O)c3c2c1. The van der Waals surface area contributed by atoms with E-state index in [9.17, 15) is 18.1 Å². The average Bonchev–Trinajstić information content (AvgIpc) is 2.66. The van der Waals surface area contributed by atoms with Crippen LogP contribution in [0.15, 0.2) is 33.6 Å². The number of nitrogen functional groups attached to an aromatic ring is 1. The Hall–Kier alpha value is -2.25. The maximum atomic E-state index is 11.5. The van der Waals surface area contributed by atoms with Gasteiger partial charge in [-0.05, 0) is 19.1 Å². The van der Waals surface area contributed by atoms with Gasteiger partial charge in [0, 0.05) is 11.5 Å². The molecule has 0 fully saturated rings. The molecular weight excluding hydrogens is 282 g/mol. The molecule has 104 valence electrons. The van der Waals surface area contributed by atoms with Crippen molar-refractivity contribution in [2.75, 3.05) is 5.73 Å². The topological polar surface area (TPSA) is 114 Å². The molecule has 7 heteroatoms. The number of aryl methyl sites for hydroxylation is 1. The number of phenolic OH excluding ortho intramolecular Hbond substituents is 1. The minimum atomic E-state index is -4.65. The smallest absolute Gasteiger partial charge is 0.299 e. The van der Waals surface area contributed by atoms with Crippen LogP contribution < -0.4 is 5.73 Å². The Morgan fingerprint density at radius 2 is 1.90 bits per heavy atom. The van der Waals surface area contributed by atoms with Crippen LogP contribution in [0.2, 0.25) is 0 Å². The molecule has 1 aromatic heterocycles. The molecule has 4 N–H and O–H groups in total. The van der Waals surface area contributed by atoms with Crippen LogP contribution in [0.4, 0.5) is 5.69 Å². The summed E-state index contributed by atoms with van der Waals surface area (Å²) in [5, 5.41) is 10.5. The van der Waals surface area contributed by atoms with Gasteiger partial charge in [-0.15, -0.1) is 0 Å². The first-order chi connectivity index (χ1) is 9.29. The summed E-state index contributed by atoms with van der Waals surface area (Å²) in [6.45, 7) is 1.84. The molecule has 3 aromatic rings. The first-order valence-corrected chi connectivity index (χ1v) is 7.15. The van der Waals surface area contributed by atoms with E-state index in [4.69, 9.17) is 10.2 Å². The number of aromatic hydroxyl groups is 1. The fraction of sp³-hybridized carbons (Fsp3) is 0.0769. The van der Waals surface area contributed by atoms with E-state index in [-0.39, 0.29) is 16.7 Å². The fourth-order valence-electron chi connectivity index (χ4n) is 2.28. The van der Waals surface area contributed by atoms with Gasteiger partial charge in [-0.25, -0.2) is 0 Å². The van der Waals surface area contributed by atoms with Gasteiger partial charge < -0.3 is 15.3 Å². The lowest BCUT2D eigenvalue weighted by molar-refractivity contribution is 0.447. The van der Waals surface area contributed by atoms with Gasteiger partial charge in [0.25, 0.3) is 10.1 Å². The second kappa shape index (κ2) is 3.87. The molecule has 6 nitrogen and oxygen atoms in total. The number of benzene rings is 2. The number of rotatable bonds is 1. The molecule has 0 saturated heterocycles. The first-order valence-electron chi connectivity index (χ1n) is 5.71. The van der Waals surface area contributed by atoms with Crippen molar-refractivity contribution in [1.82, 2.24) is 0 Å². The predicted octanol–water partition coefficient (Wildman–Crippen LogP) is 2.43. The summed E-state index contributed by atoms with van der Waals surface area (Å²) < 4.78 is 38.0. The zero-order valence-corrected chi connectivity index (χ0v) is 11.2. The Balaban J connectivity index is 2.67. The molecule has 0 aliphatic heterocycles. The Morgan fingerprint density at radius 1 is 1.20 bits per heavy atom. The van der Waals surface area contributed by atoms with Crippen LogP contribution in [0.5, 0.6) is 5.75 Å². The van der Waals surface area contributed by atoms with E-state index in [1.165, 1.54) is 6.07 Å². The molecule has 20 heavy (non-hydrogen) atoms. The third-order valence-electron chi connectivity index (χ3n) is 3.13. The Bertz CT molecular complexity index is 956. The number of fused-ring (bicyclic) bond motifs is 3. The van der Waals surface area contributed by atoms with Gasteiger partial charge in [-0.1, -0.05) is 11.6 Å². The lowest BCUT2D eigenvalue weighted by Gasteiger charge is -2.05. The molecule has 0 unspecified atom stereocenters. The average molecular weight is 293 g/mol. The normalized spacial score (nSPS) is 12.3. The number of furan rings is 1. The summed E-state index contributed by atoms with van der Waals surface area (Å²) in [4.78, 5) is -0.628. The molecule has 0 atom stereocenters. The predicted molar refractivity (Wildman–Crippen MR) is 74.3 cm³/mol. The molecule has 2 aromatic carbocycles. The van der Waals surface area contributed by atoms with Gasteiger partial charge in [0.1, 0.15) is 16.1 Å². The highest BCUT2D eigenvalue weighted by Crippen LogP contribution is 2.41. The summed E-state index contributed by atoms with van der Waals surface area (Å²) in [5.41, 5.74) is 6.89. The lowest BCUT2D eigenvalue weighted by Crippen LogP contribution is -2.01. The number of nitrogens with two attached hydrogens (primary N) is 1. The van der Waals surface area contributed by atoms with Crippen LogP contribution in [0.25, 0.3) is 21.9 Å². The van der Waals surface area contributed by atoms with Gasteiger partial charge in [0.05, 0.1) is 11.1 Å². The second-order valence-electron chi connectivity index (χ2n) is 4.59. The number of hydrogen-bond donors (Lipinski definition) is 3. The summed E-state index contributed by atoms with van der Waals surface area (Å²) >= 11 is 0. The minimum absolute atomic E-state index is 0.123. The van der Waals surface area contributed by atoms with Crippen molar-refractivity contribution in [3.05, 3.63) is 29.8 Å². The highest BCUT2D eigenvalue weighted by Gasteiger charge is 2.25. The highest BCUT2D eigenvalue weighted by molar-refractivity contribution is 7.86. The zero-order valence-electron chi connectivity index (χ0n) is 10.4. The molecule has 0 amide bonds. The quantitative estimate of drug-likeness (QED) is 0.361. The maximum Gasteiger partial charge on any atom is 0.299 e. The van der Waals surface area contributed by atoms with Crippen molar-refractivity contribution in [3.63, 3.8) is 0 Å². The van der Waals surface area contributed by atoms with Gasteiger partial charge >= 0.3 is 0 Å². The van der Waals surface area contributed by atoms with Crippen LogP contribution in [0.1, 0.15) is 5.56 Å². The Morgan fingerprint density at radius 3 is 2.55 bits per heavy atom. The summed E-state index contributed by atoms with van der Waals surface area (Å²) in [7, 11) is -4.65. The van der Waals surface area contributed by atoms with E-state index in [1.54, 1.807) is 18.2 Å². The molecule has 0 saturated carbocycles. The van der Waals surface area contributed by atoms with Gasteiger partial charge in [-0.2, -0.15) is 8.42 Å². The maximum absolute atomic E-state index is 11.5. The van der Waals surface area contributed by atoms with E-state index in [1.807, 2.05) is 6.92 Å². The van der Waals surface area contributed by atoms with E-state index in [0.717, 1.165) is 5.56 Å². The molecule has 3 rings (SSSR count). The molecular formula is C13H11NO5S. The van der Waals surface area contributed by atoms with Crippen molar-refractivity contribution in [3.8, 4) is 5.75 Å². The molecule has 0 radical (unpaired) electrons. The Labute approximate surface area is 114 Å². The number of phenols is 1. The van der Waals surface area contributed by atoms with Gasteiger partial charge in [-0.3, -0.25) is 4.55 Å². The number of hydrogen-bond acceptors (Lipinski definition) is 5. The van der Waals surface area contributed by atoms with Gasteiger partial charge in [0.2, 0.25) is 0 Å². The molecule has 0 bridgehead atoms. The third kappa shape index (κ3) is 1.71. The van der Waals surface area contributed by atoms with Crippen LogP contribution in [0, 0.1) is 6.92 Å². The fourth-order valence-corrected chi connectivity index (χ4v) is 3.11. The molecule has 1 heterocycles. The van der Waals surface area contributed by atoms with E-state index in [0.29, 0.717) is 11.0 Å². The molecule has 0 aliphatic rings. The summed E-state index contributed by atoms with van der Waals surface area (Å²) in [6, 6.07) is 6.53. The lowest BCUT2D eigenvalue weighted by atomic mass is 10.1. The standard InChI is InChI=1S/C13H11NO5S/c1-6-2-3-9-7(4-6)11-10(19-9)5-8(14)12(15)13(11)20(16,17)18/h2-5,15H,14H2,1H3,(H,16,17,18). The minimum Gasteiger partial charge on any atom is -0.504 e.